The molecule has 118 valence electrons. The SMILES string of the molecule is Cc1oc(CN(C)CC2CCOCC2)cc1CNC1CC1. The van der Waals surface area contributed by atoms with E-state index in [4.69, 9.17) is 9.15 Å². The summed E-state index contributed by atoms with van der Waals surface area (Å²) in [5, 5.41) is 3.56. The van der Waals surface area contributed by atoms with Gasteiger partial charge < -0.3 is 14.5 Å². The van der Waals surface area contributed by atoms with E-state index in [1.54, 1.807) is 0 Å². The van der Waals surface area contributed by atoms with Gasteiger partial charge in [0.15, 0.2) is 0 Å². The number of nitrogens with zero attached hydrogens (tertiary/aromatic N) is 1. The fourth-order valence-corrected chi connectivity index (χ4v) is 3.08. The van der Waals surface area contributed by atoms with Gasteiger partial charge in [0.25, 0.3) is 0 Å². The van der Waals surface area contributed by atoms with Crippen LogP contribution >= 0.6 is 0 Å². The lowest BCUT2D eigenvalue weighted by molar-refractivity contribution is 0.0542. The Kier molecular flexibility index (Phi) is 4.99. The summed E-state index contributed by atoms with van der Waals surface area (Å²) < 4.78 is 11.3. The number of aryl methyl sites for hydroxylation is 1. The number of rotatable bonds is 7. The summed E-state index contributed by atoms with van der Waals surface area (Å²) in [5.41, 5.74) is 1.32. The first-order valence-corrected chi connectivity index (χ1v) is 8.28. The maximum absolute atomic E-state index is 5.92. The molecule has 2 heterocycles. The summed E-state index contributed by atoms with van der Waals surface area (Å²) in [6.45, 7) is 6.92. The minimum Gasteiger partial charge on any atom is -0.465 e. The Hall–Kier alpha value is -0.840. The maximum Gasteiger partial charge on any atom is 0.118 e. The highest BCUT2D eigenvalue weighted by Crippen LogP contribution is 2.22. The number of hydrogen-bond acceptors (Lipinski definition) is 4. The van der Waals surface area contributed by atoms with Crippen LogP contribution in [-0.2, 0) is 17.8 Å². The molecule has 1 N–H and O–H groups in total. The average Bonchev–Trinajstić information content (AvgIpc) is 3.22. The van der Waals surface area contributed by atoms with Crippen LogP contribution in [0.25, 0.3) is 0 Å². The highest BCUT2D eigenvalue weighted by atomic mass is 16.5. The predicted octanol–water partition coefficient (Wildman–Crippen LogP) is 2.70. The smallest absolute Gasteiger partial charge is 0.118 e. The van der Waals surface area contributed by atoms with E-state index < -0.39 is 0 Å². The van der Waals surface area contributed by atoms with E-state index in [9.17, 15) is 0 Å². The molecule has 0 spiro atoms. The summed E-state index contributed by atoms with van der Waals surface area (Å²) in [4.78, 5) is 2.38. The summed E-state index contributed by atoms with van der Waals surface area (Å²) in [7, 11) is 2.19. The molecule has 2 fully saturated rings. The monoisotopic (exact) mass is 292 g/mol. The van der Waals surface area contributed by atoms with Gasteiger partial charge in [-0.3, -0.25) is 4.90 Å². The molecule has 1 aromatic heterocycles. The van der Waals surface area contributed by atoms with Crippen molar-refractivity contribution in [3.05, 3.63) is 23.2 Å². The lowest BCUT2D eigenvalue weighted by Gasteiger charge is -2.26. The first kappa shape index (κ1) is 15.1. The highest BCUT2D eigenvalue weighted by molar-refractivity contribution is 5.21. The van der Waals surface area contributed by atoms with Crippen LogP contribution in [0, 0.1) is 12.8 Å². The van der Waals surface area contributed by atoms with E-state index in [0.717, 1.165) is 56.3 Å². The van der Waals surface area contributed by atoms with Gasteiger partial charge in [-0.25, -0.2) is 0 Å². The van der Waals surface area contributed by atoms with Gasteiger partial charge in [-0.15, -0.1) is 0 Å². The molecule has 1 saturated heterocycles. The molecule has 1 aliphatic heterocycles. The molecule has 1 aromatic rings. The molecule has 2 aliphatic rings. The van der Waals surface area contributed by atoms with Crippen LogP contribution in [0.15, 0.2) is 10.5 Å². The lowest BCUT2D eigenvalue weighted by Crippen LogP contribution is -2.29. The molecule has 0 bridgehead atoms. The molecule has 0 amide bonds. The van der Waals surface area contributed by atoms with E-state index in [1.807, 2.05) is 0 Å². The minimum absolute atomic E-state index is 0.749. The summed E-state index contributed by atoms with van der Waals surface area (Å²) >= 11 is 0. The van der Waals surface area contributed by atoms with E-state index in [-0.39, 0.29) is 0 Å². The van der Waals surface area contributed by atoms with Crippen molar-refractivity contribution in [3.8, 4) is 0 Å². The van der Waals surface area contributed by atoms with Gasteiger partial charge in [0.2, 0.25) is 0 Å². The highest BCUT2D eigenvalue weighted by Gasteiger charge is 2.21. The molecule has 1 saturated carbocycles. The van der Waals surface area contributed by atoms with Gasteiger partial charge in [-0.1, -0.05) is 0 Å². The standard InChI is InChI=1S/C17H28N2O2/c1-13-15(10-18-16-3-4-16)9-17(21-13)12-19(2)11-14-5-7-20-8-6-14/h9,14,16,18H,3-8,10-12H2,1-2H3. The summed E-state index contributed by atoms with van der Waals surface area (Å²) in [5.74, 6) is 2.93. The Morgan fingerprint density at radius 2 is 2.00 bits per heavy atom. The third kappa shape index (κ3) is 4.56. The van der Waals surface area contributed by atoms with Crippen molar-refractivity contribution in [2.45, 2.75) is 51.7 Å². The lowest BCUT2D eigenvalue weighted by atomic mass is 10.00. The normalized spacial score (nSPS) is 20.3. The number of ether oxygens (including phenoxy) is 1. The first-order valence-electron chi connectivity index (χ1n) is 8.28. The van der Waals surface area contributed by atoms with Gasteiger partial charge in [0.05, 0.1) is 6.54 Å². The van der Waals surface area contributed by atoms with Crippen molar-refractivity contribution < 1.29 is 9.15 Å². The Morgan fingerprint density at radius 1 is 1.24 bits per heavy atom. The minimum atomic E-state index is 0.749. The second-order valence-electron chi connectivity index (χ2n) is 6.70. The quantitative estimate of drug-likeness (QED) is 0.838. The van der Waals surface area contributed by atoms with Crippen molar-refractivity contribution in [1.29, 1.82) is 0 Å². The van der Waals surface area contributed by atoms with Gasteiger partial charge in [-0.05, 0) is 51.6 Å². The molecule has 0 unspecified atom stereocenters. The number of hydrogen-bond donors (Lipinski definition) is 1. The maximum atomic E-state index is 5.92. The van der Waals surface area contributed by atoms with E-state index in [1.165, 1.54) is 31.2 Å². The predicted molar refractivity (Wildman–Crippen MR) is 83.2 cm³/mol. The molecule has 4 heteroatoms. The van der Waals surface area contributed by atoms with Crippen LogP contribution in [0.1, 0.15) is 42.8 Å². The molecule has 1 aliphatic carbocycles. The van der Waals surface area contributed by atoms with E-state index in [2.05, 4.69) is 30.3 Å². The molecule has 0 aromatic carbocycles. The van der Waals surface area contributed by atoms with Crippen molar-refractivity contribution in [3.63, 3.8) is 0 Å². The molecular weight excluding hydrogens is 264 g/mol. The van der Waals surface area contributed by atoms with Crippen LogP contribution in [0.4, 0.5) is 0 Å². The van der Waals surface area contributed by atoms with Crippen LogP contribution in [0.2, 0.25) is 0 Å². The van der Waals surface area contributed by atoms with Crippen LogP contribution in [-0.4, -0.2) is 37.7 Å². The fourth-order valence-electron chi connectivity index (χ4n) is 3.08. The molecule has 3 rings (SSSR count). The van der Waals surface area contributed by atoms with Crippen molar-refractivity contribution in [2.24, 2.45) is 5.92 Å². The van der Waals surface area contributed by atoms with Gasteiger partial charge in [-0.2, -0.15) is 0 Å². The summed E-state index contributed by atoms with van der Waals surface area (Å²) in [6.07, 6.45) is 5.05. The zero-order chi connectivity index (χ0) is 14.7. The molecule has 4 nitrogen and oxygen atoms in total. The second-order valence-corrected chi connectivity index (χ2v) is 6.70. The largest absolute Gasteiger partial charge is 0.465 e. The molecule has 0 radical (unpaired) electrons. The van der Waals surface area contributed by atoms with Crippen LogP contribution in [0.3, 0.4) is 0 Å². The second kappa shape index (κ2) is 6.95. The van der Waals surface area contributed by atoms with E-state index >= 15 is 0 Å². The van der Waals surface area contributed by atoms with Crippen LogP contribution in [0.5, 0.6) is 0 Å². The Balaban J connectivity index is 1.47. The van der Waals surface area contributed by atoms with Crippen LogP contribution < -0.4 is 5.32 Å². The van der Waals surface area contributed by atoms with Gasteiger partial charge in [0, 0.05) is 37.9 Å². The fraction of sp³-hybridized carbons (Fsp3) is 0.765. The number of nitrogens with one attached hydrogen (secondary N) is 1. The topological polar surface area (TPSA) is 37.6 Å². The zero-order valence-electron chi connectivity index (χ0n) is 13.4. The molecular formula is C17H28N2O2. The zero-order valence-corrected chi connectivity index (χ0v) is 13.4. The van der Waals surface area contributed by atoms with Gasteiger partial charge in [0.1, 0.15) is 11.5 Å². The Morgan fingerprint density at radius 3 is 2.71 bits per heavy atom. The van der Waals surface area contributed by atoms with Crippen molar-refractivity contribution >= 4 is 0 Å². The Labute approximate surface area is 127 Å². The average molecular weight is 292 g/mol. The Bertz CT molecular complexity index is 448. The third-order valence-corrected chi connectivity index (χ3v) is 4.57. The first-order chi connectivity index (χ1) is 10.2. The van der Waals surface area contributed by atoms with Gasteiger partial charge >= 0.3 is 0 Å². The molecule has 0 atom stereocenters. The molecule has 21 heavy (non-hydrogen) atoms. The van der Waals surface area contributed by atoms with Crippen molar-refractivity contribution in [1.82, 2.24) is 10.2 Å². The van der Waals surface area contributed by atoms with Crippen molar-refractivity contribution in [2.75, 3.05) is 26.8 Å². The third-order valence-electron chi connectivity index (χ3n) is 4.57. The summed E-state index contributed by atoms with van der Waals surface area (Å²) in [6, 6.07) is 2.98. The number of furan rings is 1. The van der Waals surface area contributed by atoms with E-state index in [0.29, 0.717) is 0 Å².